The number of pyridine rings is 1. The molecule has 0 saturated heterocycles. The standard InChI is InChI=1S/C19H13N5O4/c20-18(28)16-14(11-5-6-21-8-13(11)26)15-12(7-22-19(15)24-23-16)17(27)9-1-3-10(25)4-2-9/h1-8,25-26H,(H2,20,28)(H,22,24). The van der Waals surface area contributed by atoms with Crippen molar-refractivity contribution in [2.75, 3.05) is 0 Å². The highest BCUT2D eigenvalue weighted by molar-refractivity contribution is 6.20. The van der Waals surface area contributed by atoms with E-state index in [1.54, 1.807) is 0 Å². The second kappa shape index (κ2) is 6.47. The molecule has 0 aliphatic heterocycles. The van der Waals surface area contributed by atoms with Crippen molar-refractivity contribution in [1.29, 1.82) is 0 Å². The molecule has 0 spiro atoms. The van der Waals surface area contributed by atoms with Crippen molar-refractivity contribution < 1.29 is 19.8 Å². The van der Waals surface area contributed by atoms with E-state index < -0.39 is 5.91 Å². The third-order valence-corrected chi connectivity index (χ3v) is 4.27. The van der Waals surface area contributed by atoms with Gasteiger partial charge < -0.3 is 20.9 Å². The first-order valence-electron chi connectivity index (χ1n) is 8.12. The summed E-state index contributed by atoms with van der Waals surface area (Å²) in [5.74, 6) is -1.41. The molecule has 0 unspecified atom stereocenters. The van der Waals surface area contributed by atoms with E-state index >= 15 is 0 Å². The average Bonchev–Trinajstić information content (AvgIpc) is 3.12. The summed E-state index contributed by atoms with van der Waals surface area (Å²) in [4.78, 5) is 31.7. The maximum Gasteiger partial charge on any atom is 0.269 e. The molecule has 0 bridgehead atoms. The fraction of sp³-hybridized carbons (Fsp3) is 0. The van der Waals surface area contributed by atoms with Gasteiger partial charge in [-0.2, -0.15) is 0 Å². The molecule has 5 N–H and O–H groups in total. The van der Waals surface area contributed by atoms with Crippen LogP contribution in [0, 0.1) is 0 Å². The number of amides is 1. The van der Waals surface area contributed by atoms with Crippen LogP contribution in [0.25, 0.3) is 22.2 Å². The van der Waals surface area contributed by atoms with Gasteiger partial charge in [-0.3, -0.25) is 14.6 Å². The molecule has 4 rings (SSSR count). The fourth-order valence-corrected chi connectivity index (χ4v) is 2.99. The number of carbonyl (C=O) groups excluding carboxylic acids is 2. The van der Waals surface area contributed by atoms with Gasteiger partial charge in [0.25, 0.3) is 5.91 Å². The number of benzene rings is 1. The van der Waals surface area contributed by atoms with Gasteiger partial charge in [-0.05, 0) is 30.3 Å². The van der Waals surface area contributed by atoms with Crippen LogP contribution in [0.4, 0.5) is 0 Å². The monoisotopic (exact) mass is 375 g/mol. The summed E-state index contributed by atoms with van der Waals surface area (Å²) in [7, 11) is 0. The van der Waals surface area contributed by atoms with E-state index in [9.17, 15) is 19.8 Å². The smallest absolute Gasteiger partial charge is 0.269 e. The van der Waals surface area contributed by atoms with Crippen LogP contribution in [0.15, 0.2) is 48.9 Å². The van der Waals surface area contributed by atoms with Gasteiger partial charge in [0.1, 0.15) is 11.5 Å². The Morgan fingerprint density at radius 3 is 2.46 bits per heavy atom. The molecular weight excluding hydrogens is 362 g/mol. The molecule has 3 aromatic heterocycles. The number of H-pyrrole nitrogens is 1. The summed E-state index contributed by atoms with van der Waals surface area (Å²) >= 11 is 0. The molecule has 0 saturated carbocycles. The van der Waals surface area contributed by atoms with E-state index in [-0.39, 0.29) is 45.3 Å². The van der Waals surface area contributed by atoms with Gasteiger partial charge in [0.15, 0.2) is 17.1 Å². The summed E-state index contributed by atoms with van der Waals surface area (Å²) in [6.07, 6.45) is 4.09. The van der Waals surface area contributed by atoms with Crippen molar-refractivity contribution in [3.05, 3.63) is 65.7 Å². The molecule has 1 amide bonds. The lowest BCUT2D eigenvalue weighted by Crippen LogP contribution is -2.16. The molecule has 0 aliphatic rings. The van der Waals surface area contributed by atoms with E-state index in [2.05, 4.69) is 20.2 Å². The lowest BCUT2D eigenvalue weighted by Gasteiger charge is -2.10. The first kappa shape index (κ1) is 17.2. The Balaban J connectivity index is 2.04. The van der Waals surface area contributed by atoms with Crippen molar-refractivity contribution >= 4 is 22.7 Å². The Labute approximate surface area is 157 Å². The molecule has 28 heavy (non-hydrogen) atoms. The van der Waals surface area contributed by atoms with Gasteiger partial charge in [-0.15, -0.1) is 10.2 Å². The van der Waals surface area contributed by atoms with Crippen molar-refractivity contribution in [3.8, 4) is 22.6 Å². The number of rotatable bonds is 4. The minimum absolute atomic E-state index is 0.0276. The number of fused-ring (bicyclic) bond motifs is 1. The maximum absolute atomic E-state index is 13.0. The topological polar surface area (TPSA) is 155 Å². The molecule has 0 radical (unpaired) electrons. The summed E-state index contributed by atoms with van der Waals surface area (Å²) in [6.45, 7) is 0. The van der Waals surface area contributed by atoms with Gasteiger partial charge >= 0.3 is 0 Å². The van der Waals surface area contributed by atoms with Gasteiger partial charge in [0.2, 0.25) is 0 Å². The van der Waals surface area contributed by atoms with Crippen LogP contribution in [0.3, 0.4) is 0 Å². The van der Waals surface area contributed by atoms with Crippen molar-refractivity contribution in [2.24, 2.45) is 5.73 Å². The van der Waals surface area contributed by atoms with Gasteiger partial charge in [0, 0.05) is 34.5 Å². The molecule has 0 fully saturated rings. The molecule has 4 aromatic rings. The third kappa shape index (κ3) is 2.71. The minimum atomic E-state index is -0.857. The normalized spacial score (nSPS) is 10.9. The number of carbonyl (C=O) groups is 2. The predicted molar refractivity (Wildman–Crippen MR) is 98.8 cm³/mol. The Kier molecular flexibility index (Phi) is 3.96. The number of hydrogen-bond acceptors (Lipinski definition) is 7. The number of ketones is 1. The van der Waals surface area contributed by atoms with E-state index in [0.717, 1.165) is 0 Å². The zero-order valence-electron chi connectivity index (χ0n) is 14.2. The van der Waals surface area contributed by atoms with E-state index in [4.69, 9.17) is 5.73 Å². The lowest BCUT2D eigenvalue weighted by molar-refractivity contribution is 0.0993. The molecule has 138 valence electrons. The Bertz CT molecular complexity index is 1230. The Hall–Kier alpha value is -4.27. The largest absolute Gasteiger partial charge is 0.508 e. The number of phenols is 1. The highest BCUT2D eigenvalue weighted by Gasteiger charge is 2.25. The quantitative estimate of drug-likeness (QED) is 0.396. The number of aromatic amines is 1. The fourth-order valence-electron chi connectivity index (χ4n) is 2.99. The zero-order chi connectivity index (χ0) is 19.8. The Morgan fingerprint density at radius 1 is 1.04 bits per heavy atom. The van der Waals surface area contributed by atoms with Gasteiger partial charge in [0.05, 0.1) is 11.8 Å². The van der Waals surface area contributed by atoms with Crippen LogP contribution in [-0.2, 0) is 0 Å². The van der Waals surface area contributed by atoms with E-state index in [1.165, 1.54) is 48.9 Å². The molecule has 0 aliphatic carbocycles. The van der Waals surface area contributed by atoms with Crippen molar-refractivity contribution in [1.82, 2.24) is 20.2 Å². The SMILES string of the molecule is NC(=O)c1nnc2[nH]cc(C(=O)c3ccc(O)cc3)c2c1-c1ccncc1O. The molecular formula is C19H13N5O4. The highest BCUT2D eigenvalue weighted by Crippen LogP contribution is 2.37. The van der Waals surface area contributed by atoms with Crippen LogP contribution >= 0.6 is 0 Å². The number of hydrogen-bond donors (Lipinski definition) is 4. The number of aromatic hydroxyl groups is 2. The van der Waals surface area contributed by atoms with Gasteiger partial charge in [-0.1, -0.05) is 0 Å². The van der Waals surface area contributed by atoms with Crippen LogP contribution in [0.1, 0.15) is 26.4 Å². The van der Waals surface area contributed by atoms with Gasteiger partial charge in [-0.25, -0.2) is 0 Å². The maximum atomic E-state index is 13.0. The summed E-state index contributed by atoms with van der Waals surface area (Å²) < 4.78 is 0. The summed E-state index contributed by atoms with van der Waals surface area (Å²) in [6, 6.07) is 7.23. The second-order valence-corrected chi connectivity index (χ2v) is 5.98. The average molecular weight is 375 g/mol. The third-order valence-electron chi connectivity index (χ3n) is 4.27. The molecule has 9 heteroatoms. The molecule has 0 atom stereocenters. The Morgan fingerprint density at radius 2 is 1.79 bits per heavy atom. The molecule has 9 nitrogen and oxygen atoms in total. The van der Waals surface area contributed by atoms with Crippen LogP contribution in [0.5, 0.6) is 11.5 Å². The van der Waals surface area contributed by atoms with Crippen LogP contribution in [-0.4, -0.2) is 42.1 Å². The molecule has 3 heterocycles. The van der Waals surface area contributed by atoms with E-state index in [1.807, 2.05) is 0 Å². The number of nitrogens with one attached hydrogen (secondary N) is 1. The summed E-state index contributed by atoms with van der Waals surface area (Å²) in [5, 5.41) is 27.8. The number of aromatic nitrogens is 4. The zero-order valence-corrected chi connectivity index (χ0v) is 14.2. The van der Waals surface area contributed by atoms with Crippen LogP contribution in [0.2, 0.25) is 0 Å². The number of phenolic OH excluding ortho intramolecular Hbond substituents is 1. The molecule has 1 aromatic carbocycles. The lowest BCUT2D eigenvalue weighted by atomic mass is 9.95. The van der Waals surface area contributed by atoms with Crippen molar-refractivity contribution in [2.45, 2.75) is 0 Å². The number of nitrogens with two attached hydrogens (primary N) is 1. The van der Waals surface area contributed by atoms with Crippen molar-refractivity contribution in [3.63, 3.8) is 0 Å². The minimum Gasteiger partial charge on any atom is -0.508 e. The van der Waals surface area contributed by atoms with E-state index in [0.29, 0.717) is 10.9 Å². The number of nitrogens with zero attached hydrogens (tertiary/aromatic N) is 3. The first-order chi connectivity index (χ1) is 13.5. The van der Waals surface area contributed by atoms with Crippen LogP contribution < -0.4 is 5.73 Å². The first-order valence-corrected chi connectivity index (χ1v) is 8.12. The number of primary amides is 1. The summed E-state index contributed by atoms with van der Waals surface area (Å²) in [5.41, 5.74) is 6.47. The second-order valence-electron chi connectivity index (χ2n) is 5.98. The predicted octanol–water partition coefficient (Wildman–Crippen LogP) is 1.76. The highest BCUT2D eigenvalue weighted by atomic mass is 16.3.